The van der Waals surface area contributed by atoms with Crippen LogP contribution in [0.25, 0.3) is 21.0 Å². The Labute approximate surface area is 140 Å². The van der Waals surface area contributed by atoms with E-state index in [9.17, 15) is 14.4 Å². The number of rotatable bonds is 2. The van der Waals surface area contributed by atoms with Crippen molar-refractivity contribution in [2.45, 2.75) is 0 Å². The number of aromatic nitrogens is 1. The van der Waals surface area contributed by atoms with Gasteiger partial charge < -0.3 is 4.98 Å². The van der Waals surface area contributed by atoms with Crippen LogP contribution in [0, 0.1) is 0 Å². The van der Waals surface area contributed by atoms with Crippen LogP contribution < -0.4 is 10.3 Å². The molecular formula is C19H11NO3S. The summed E-state index contributed by atoms with van der Waals surface area (Å²) in [6.07, 6.45) is 0. The molecule has 0 fully saturated rings. The van der Waals surface area contributed by atoms with E-state index in [0.29, 0.717) is 5.52 Å². The zero-order valence-electron chi connectivity index (χ0n) is 12.4. The SMILES string of the molecule is O=C(c1cc2ccccc2[nH]c1=O)c1cc2ccccc2sc1=O. The predicted molar refractivity (Wildman–Crippen MR) is 96.1 cm³/mol. The van der Waals surface area contributed by atoms with Gasteiger partial charge >= 0.3 is 0 Å². The summed E-state index contributed by atoms with van der Waals surface area (Å²) in [4.78, 5) is 40.0. The van der Waals surface area contributed by atoms with Crippen LogP contribution >= 0.6 is 11.3 Å². The summed E-state index contributed by atoms with van der Waals surface area (Å²) in [7, 11) is 0. The van der Waals surface area contributed by atoms with Crippen LogP contribution in [-0.4, -0.2) is 10.8 Å². The van der Waals surface area contributed by atoms with E-state index < -0.39 is 11.3 Å². The van der Waals surface area contributed by atoms with Crippen molar-refractivity contribution in [1.29, 1.82) is 0 Å². The fourth-order valence-corrected chi connectivity index (χ4v) is 3.53. The number of fused-ring (bicyclic) bond motifs is 2. The minimum absolute atomic E-state index is 0.0201. The molecule has 2 aromatic carbocycles. The van der Waals surface area contributed by atoms with Crippen LogP contribution in [0.3, 0.4) is 0 Å². The zero-order valence-corrected chi connectivity index (χ0v) is 13.2. The third-order valence-electron chi connectivity index (χ3n) is 3.88. The van der Waals surface area contributed by atoms with E-state index in [4.69, 9.17) is 0 Å². The van der Waals surface area contributed by atoms with E-state index in [1.54, 1.807) is 18.2 Å². The average Bonchev–Trinajstić information content (AvgIpc) is 2.60. The lowest BCUT2D eigenvalue weighted by Gasteiger charge is -2.04. The number of benzene rings is 2. The third kappa shape index (κ3) is 2.35. The van der Waals surface area contributed by atoms with Crippen molar-refractivity contribution < 1.29 is 4.79 Å². The molecule has 2 heterocycles. The van der Waals surface area contributed by atoms with Crippen molar-refractivity contribution in [3.05, 3.63) is 91.7 Å². The minimum Gasteiger partial charge on any atom is -0.321 e. The fourth-order valence-electron chi connectivity index (χ4n) is 2.68. The number of nitrogens with one attached hydrogen (secondary N) is 1. The Balaban J connectivity index is 1.93. The molecule has 0 amide bonds. The summed E-state index contributed by atoms with van der Waals surface area (Å²) < 4.78 is 0.470. The summed E-state index contributed by atoms with van der Waals surface area (Å²) in [5, 5.41) is 1.56. The van der Waals surface area contributed by atoms with Gasteiger partial charge in [-0.3, -0.25) is 14.4 Å². The normalized spacial score (nSPS) is 11.0. The van der Waals surface area contributed by atoms with E-state index in [0.717, 1.165) is 26.8 Å². The fraction of sp³-hybridized carbons (Fsp3) is 0. The quantitative estimate of drug-likeness (QED) is 0.572. The van der Waals surface area contributed by atoms with E-state index in [-0.39, 0.29) is 15.9 Å². The number of pyridine rings is 1. The molecule has 0 aliphatic rings. The number of ketones is 1. The highest BCUT2D eigenvalue weighted by Gasteiger charge is 2.18. The van der Waals surface area contributed by atoms with Gasteiger partial charge in [-0.2, -0.15) is 0 Å². The molecule has 2 aromatic heterocycles. The summed E-state index contributed by atoms with van der Waals surface area (Å²) >= 11 is 1.01. The van der Waals surface area contributed by atoms with Gasteiger partial charge in [0.1, 0.15) is 0 Å². The smallest absolute Gasteiger partial charge is 0.259 e. The number of para-hydroxylation sites is 1. The molecule has 4 aromatic rings. The third-order valence-corrected chi connectivity index (χ3v) is 4.88. The Morgan fingerprint density at radius 2 is 1.50 bits per heavy atom. The molecule has 116 valence electrons. The topological polar surface area (TPSA) is 67.0 Å². The van der Waals surface area contributed by atoms with Gasteiger partial charge in [0.05, 0.1) is 11.1 Å². The van der Waals surface area contributed by atoms with Gasteiger partial charge in [-0.05, 0) is 35.0 Å². The molecule has 24 heavy (non-hydrogen) atoms. The van der Waals surface area contributed by atoms with Crippen molar-refractivity contribution in [3.8, 4) is 0 Å². The van der Waals surface area contributed by atoms with E-state index in [2.05, 4.69) is 4.98 Å². The van der Waals surface area contributed by atoms with E-state index in [1.807, 2.05) is 36.4 Å². The van der Waals surface area contributed by atoms with Crippen LogP contribution in [0.1, 0.15) is 15.9 Å². The maximum atomic E-state index is 12.8. The highest BCUT2D eigenvalue weighted by atomic mass is 32.1. The zero-order chi connectivity index (χ0) is 16.7. The van der Waals surface area contributed by atoms with Crippen LogP contribution in [0.4, 0.5) is 0 Å². The Morgan fingerprint density at radius 1 is 0.833 bits per heavy atom. The first-order valence-electron chi connectivity index (χ1n) is 7.33. The van der Waals surface area contributed by atoms with E-state index >= 15 is 0 Å². The van der Waals surface area contributed by atoms with Gasteiger partial charge in [0.15, 0.2) is 0 Å². The molecule has 0 unspecified atom stereocenters. The Bertz CT molecular complexity index is 1130. The molecule has 1 N–H and O–H groups in total. The maximum Gasteiger partial charge on any atom is 0.259 e. The number of carbonyl (C=O) groups is 1. The van der Waals surface area contributed by atoms with Crippen LogP contribution in [0.5, 0.6) is 0 Å². The van der Waals surface area contributed by atoms with Crippen molar-refractivity contribution >= 4 is 38.1 Å². The van der Waals surface area contributed by atoms with Crippen molar-refractivity contribution in [2.75, 3.05) is 0 Å². The van der Waals surface area contributed by atoms with Gasteiger partial charge in [0.25, 0.3) is 5.56 Å². The molecule has 0 saturated carbocycles. The molecule has 0 spiro atoms. The van der Waals surface area contributed by atoms with Crippen molar-refractivity contribution in [1.82, 2.24) is 4.98 Å². The monoisotopic (exact) mass is 333 g/mol. The molecule has 0 aliphatic heterocycles. The Kier molecular flexibility index (Phi) is 3.36. The summed E-state index contributed by atoms with van der Waals surface area (Å²) in [5.74, 6) is -0.547. The molecule has 0 bridgehead atoms. The van der Waals surface area contributed by atoms with Gasteiger partial charge in [0, 0.05) is 10.2 Å². The molecule has 5 heteroatoms. The van der Waals surface area contributed by atoms with Gasteiger partial charge in [-0.1, -0.05) is 47.7 Å². The largest absolute Gasteiger partial charge is 0.321 e. The average molecular weight is 333 g/mol. The molecule has 0 aliphatic carbocycles. The summed E-state index contributed by atoms with van der Waals surface area (Å²) in [6, 6.07) is 17.7. The Hall–Kier alpha value is -3.05. The second-order valence-corrected chi connectivity index (χ2v) is 6.43. The lowest BCUT2D eigenvalue weighted by Crippen LogP contribution is -2.22. The first-order chi connectivity index (χ1) is 11.6. The molecule has 0 atom stereocenters. The van der Waals surface area contributed by atoms with Gasteiger partial charge in [0.2, 0.25) is 10.5 Å². The molecular weight excluding hydrogens is 322 g/mol. The molecule has 0 saturated heterocycles. The highest BCUT2D eigenvalue weighted by molar-refractivity contribution is 7.16. The van der Waals surface area contributed by atoms with Crippen LogP contribution in [-0.2, 0) is 0 Å². The number of aromatic amines is 1. The molecule has 4 nitrogen and oxygen atoms in total. The van der Waals surface area contributed by atoms with Crippen molar-refractivity contribution in [3.63, 3.8) is 0 Å². The highest BCUT2D eigenvalue weighted by Crippen LogP contribution is 2.19. The molecule has 4 rings (SSSR count). The van der Waals surface area contributed by atoms with Crippen molar-refractivity contribution in [2.24, 2.45) is 0 Å². The second kappa shape index (κ2) is 5.54. The summed E-state index contributed by atoms with van der Waals surface area (Å²) in [6.45, 7) is 0. The minimum atomic E-state index is -0.547. The maximum absolute atomic E-state index is 12.8. The summed E-state index contributed by atoms with van der Waals surface area (Å²) in [5.41, 5.74) is 0.173. The number of hydrogen-bond acceptors (Lipinski definition) is 4. The number of hydrogen-bond donors (Lipinski definition) is 1. The van der Waals surface area contributed by atoms with E-state index in [1.165, 1.54) is 6.07 Å². The number of carbonyl (C=O) groups excluding carboxylic acids is 1. The second-order valence-electron chi connectivity index (χ2n) is 5.41. The van der Waals surface area contributed by atoms with Crippen LogP contribution in [0.2, 0.25) is 0 Å². The van der Waals surface area contributed by atoms with Gasteiger partial charge in [-0.15, -0.1) is 0 Å². The standard InChI is InChI=1S/C19H11NO3S/c21-17(13-9-11-5-1-3-7-15(11)20-18(13)22)14-10-12-6-2-4-8-16(12)24-19(14)23/h1-10H,(H,20,22). The van der Waals surface area contributed by atoms with Gasteiger partial charge in [-0.25, -0.2) is 0 Å². The lowest BCUT2D eigenvalue weighted by molar-refractivity contribution is 0.103. The predicted octanol–water partition coefficient (Wildman–Crippen LogP) is 3.33. The Morgan fingerprint density at radius 3 is 2.33 bits per heavy atom. The first kappa shape index (κ1) is 14.5. The van der Waals surface area contributed by atoms with Crippen LogP contribution in [0.15, 0.2) is 70.3 Å². The lowest BCUT2D eigenvalue weighted by atomic mass is 10.0. The number of H-pyrrole nitrogens is 1. The first-order valence-corrected chi connectivity index (χ1v) is 8.15. The molecule has 0 radical (unpaired) electrons.